The summed E-state index contributed by atoms with van der Waals surface area (Å²) in [6, 6.07) is 14.0. The Morgan fingerprint density at radius 3 is 2.71 bits per heavy atom. The summed E-state index contributed by atoms with van der Waals surface area (Å²) in [4.78, 5) is 17.3. The molecule has 2 heterocycles. The molecule has 2 N–H and O–H groups in total. The van der Waals surface area contributed by atoms with Crippen LogP contribution in [0, 0.1) is 0 Å². The number of methoxy groups -OCH3 is 1. The zero-order chi connectivity index (χ0) is 24.6. The predicted molar refractivity (Wildman–Crippen MR) is 134 cm³/mol. The summed E-state index contributed by atoms with van der Waals surface area (Å²) in [6.45, 7) is 0.0918. The molecule has 2 aromatic heterocycles. The van der Waals surface area contributed by atoms with Gasteiger partial charge in [-0.2, -0.15) is 5.10 Å². The molecule has 0 radical (unpaired) electrons. The van der Waals surface area contributed by atoms with E-state index >= 15 is 0 Å². The number of amides is 1. The van der Waals surface area contributed by atoms with Gasteiger partial charge in [0.1, 0.15) is 0 Å². The van der Waals surface area contributed by atoms with Crippen LogP contribution in [-0.2, 0) is 16.6 Å². The van der Waals surface area contributed by atoms with Crippen molar-refractivity contribution in [3.05, 3.63) is 77.1 Å². The maximum Gasteiger partial charge on any atom is 0.257 e. The van der Waals surface area contributed by atoms with E-state index in [1.54, 1.807) is 54.5 Å². The summed E-state index contributed by atoms with van der Waals surface area (Å²) >= 11 is 6.30. The van der Waals surface area contributed by atoms with Crippen molar-refractivity contribution in [2.24, 2.45) is 0 Å². The summed E-state index contributed by atoms with van der Waals surface area (Å²) in [6.07, 6.45) is 4.68. The molecule has 1 saturated carbocycles. The molecule has 35 heavy (non-hydrogen) atoms. The third-order valence-corrected chi connectivity index (χ3v) is 7.98. The van der Waals surface area contributed by atoms with Crippen LogP contribution in [0.3, 0.4) is 0 Å². The van der Waals surface area contributed by atoms with E-state index in [1.165, 1.54) is 0 Å². The molecular formula is C24H22ClN5O4S. The van der Waals surface area contributed by atoms with E-state index in [-0.39, 0.29) is 22.4 Å². The van der Waals surface area contributed by atoms with Gasteiger partial charge in [-0.3, -0.25) is 4.79 Å². The number of rotatable bonds is 8. The van der Waals surface area contributed by atoms with Gasteiger partial charge in [-0.1, -0.05) is 23.7 Å². The highest BCUT2D eigenvalue weighted by Crippen LogP contribution is 2.29. The van der Waals surface area contributed by atoms with Crippen molar-refractivity contribution in [2.45, 2.75) is 24.6 Å². The van der Waals surface area contributed by atoms with Gasteiger partial charge in [-0.05, 0) is 48.7 Å². The molecule has 180 valence electrons. The Morgan fingerprint density at radius 2 is 2.00 bits per heavy atom. The Bertz CT molecular complexity index is 1510. The average molecular weight is 512 g/mol. The first-order chi connectivity index (χ1) is 16.9. The molecular weight excluding hydrogens is 490 g/mol. The van der Waals surface area contributed by atoms with Gasteiger partial charge in [0.25, 0.3) is 5.91 Å². The maximum atomic E-state index is 13.1. The number of nitrogens with zero attached hydrogens (tertiary/aromatic N) is 3. The van der Waals surface area contributed by atoms with Crippen molar-refractivity contribution in [3.8, 4) is 11.6 Å². The Morgan fingerprint density at radius 1 is 1.17 bits per heavy atom. The third-order valence-electron chi connectivity index (χ3n) is 5.75. The number of anilines is 1. The van der Waals surface area contributed by atoms with Crippen molar-refractivity contribution in [1.29, 1.82) is 0 Å². The van der Waals surface area contributed by atoms with Crippen LogP contribution in [0.25, 0.3) is 16.6 Å². The fourth-order valence-corrected chi connectivity index (χ4v) is 5.27. The summed E-state index contributed by atoms with van der Waals surface area (Å²) in [5, 5.41) is 8.05. The largest absolute Gasteiger partial charge is 0.481 e. The van der Waals surface area contributed by atoms with E-state index in [4.69, 9.17) is 16.3 Å². The Labute approximate surface area is 207 Å². The molecule has 1 aliphatic rings. The summed E-state index contributed by atoms with van der Waals surface area (Å²) < 4.78 is 33.7. The zero-order valence-corrected chi connectivity index (χ0v) is 20.3. The summed E-state index contributed by atoms with van der Waals surface area (Å²) in [7, 11) is -1.78. The average Bonchev–Trinajstić information content (AvgIpc) is 3.64. The number of aromatic nitrogens is 3. The van der Waals surface area contributed by atoms with E-state index in [2.05, 4.69) is 20.1 Å². The van der Waals surface area contributed by atoms with Crippen molar-refractivity contribution < 1.29 is 17.9 Å². The van der Waals surface area contributed by atoms with Gasteiger partial charge in [0, 0.05) is 18.0 Å². The van der Waals surface area contributed by atoms with E-state index in [9.17, 15) is 13.2 Å². The number of ether oxygens (including phenoxy) is 1. The van der Waals surface area contributed by atoms with Crippen molar-refractivity contribution in [3.63, 3.8) is 0 Å². The number of fused-ring (bicyclic) bond motifs is 1. The molecule has 0 spiro atoms. The first kappa shape index (κ1) is 23.3. The second-order valence-electron chi connectivity index (χ2n) is 8.19. The number of carbonyl (C=O) groups excluding carboxylic acids is 1. The molecule has 0 atom stereocenters. The molecule has 1 amide bonds. The first-order valence-electron chi connectivity index (χ1n) is 10.9. The van der Waals surface area contributed by atoms with Crippen LogP contribution in [0.4, 0.5) is 5.69 Å². The molecule has 1 fully saturated rings. The van der Waals surface area contributed by atoms with Crippen LogP contribution >= 0.6 is 11.6 Å². The standard InChI is InChI=1S/C24H22ClN5O4S/c1-34-23-10-6-16(13-26-23)30-22-4-2-3-21(19(22)14-27-30)29-24(31)18-11-15(5-9-20(18)25)12-28-35(32,33)17-7-8-17/h2-6,9-11,13-14,17,28H,7-8,12H2,1H3,(H,29,31). The van der Waals surface area contributed by atoms with Crippen molar-refractivity contribution in [2.75, 3.05) is 12.4 Å². The van der Waals surface area contributed by atoms with E-state index in [0.29, 0.717) is 30.0 Å². The number of hydrogen-bond acceptors (Lipinski definition) is 6. The quantitative estimate of drug-likeness (QED) is 0.370. The van der Waals surface area contributed by atoms with Crippen molar-refractivity contribution >= 4 is 44.1 Å². The van der Waals surface area contributed by atoms with Gasteiger partial charge < -0.3 is 10.1 Å². The zero-order valence-electron chi connectivity index (χ0n) is 18.7. The van der Waals surface area contributed by atoms with E-state index in [0.717, 1.165) is 16.6 Å². The van der Waals surface area contributed by atoms with Gasteiger partial charge >= 0.3 is 0 Å². The Balaban J connectivity index is 1.38. The number of halogens is 1. The lowest BCUT2D eigenvalue weighted by molar-refractivity contribution is 0.102. The highest BCUT2D eigenvalue weighted by atomic mass is 35.5. The highest BCUT2D eigenvalue weighted by molar-refractivity contribution is 7.90. The van der Waals surface area contributed by atoms with Crippen LogP contribution in [0.2, 0.25) is 5.02 Å². The molecule has 4 aromatic rings. The molecule has 0 bridgehead atoms. The molecule has 0 aliphatic heterocycles. The van der Waals surface area contributed by atoms with E-state index in [1.807, 2.05) is 18.2 Å². The second kappa shape index (κ2) is 9.29. The SMILES string of the molecule is COc1ccc(-n2ncc3c(NC(=O)c4cc(CNS(=O)(=O)C5CC5)ccc4Cl)cccc32)cn1. The van der Waals surface area contributed by atoms with Crippen LogP contribution < -0.4 is 14.8 Å². The topological polar surface area (TPSA) is 115 Å². The highest BCUT2D eigenvalue weighted by Gasteiger charge is 2.35. The lowest BCUT2D eigenvalue weighted by Crippen LogP contribution is -2.26. The number of benzene rings is 2. The van der Waals surface area contributed by atoms with Crippen LogP contribution in [0.1, 0.15) is 28.8 Å². The minimum atomic E-state index is -3.33. The molecule has 5 rings (SSSR count). The normalized spacial score (nSPS) is 13.7. The fourth-order valence-electron chi connectivity index (χ4n) is 3.71. The van der Waals surface area contributed by atoms with Gasteiger partial charge in [0.05, 0.1) is 52.2 Å². The van der Waals surface area contributed by atoms with Crippen LogP contribution in [0.15, 0.2) is 60.9 Å². The number of hydrogen-bond donors (Lipinski definition) is 2. The minimum absolute atomic E-state index is 0.0918. The second-order valence-corrected chi connectivity index (χ2v) is 10.6. The van der Waals surface area contributed by atoms with Crippen molar-refractivity contribution in [1.82, 2.24) is 19.5 Å². The molecule has 2 aromatic carbocycles. The molecule has 1 aliphatic carbocycles. The van der Waals surface area contributed by atoms with Gasteiger partial charge in [0.2, 0.25) is 15.9 Å². The summed E-state index contributed by atoms with van der Waals surface area (Å²) in [5.41, 5.74) is 2.98. The number of sulfonamides is 1. The van der Waals surface area contributed by atoms with E-state index < -0.39 is 15.9 Å². The smallest absolute Gasteiger partial charge is 0.257 e. The van der Waals surface area contributed by atoms with Crippen LogP contribution in [-0.4, -0.2) is 41.4 Å². The van der Waals surface area contributed by atoms with Crippen LogP contribution in [0.5, 0.6) is 5.88 Å². The Hall–Kier alpha value is -3.47. The molecule has 0 saturated heterocycles. The molecule has 0 unspecified atom stereocenters. The third kappa shape index (κ3) is 4.86. The lowest BCUT2D eigenvalue weighted by Gasteiger charge is -2.11. The molecule has 9 nitrogen and oxygen atoms in total. The molecule has 11 heteroatoms. The van der Waals surface area contributed by atoms with Gasteiger partial charge in [0.15, 0.2) is 0 Å². The monoisotopic (exact) mass is 511 g/mol. The maximum absolute atomic E-state index is 13.1. The number of carbonyl (C=O) groups is 1. The summed E-state index contributed by atoms with van der Waals surface area (Å²) in [5.74, 6) is 0.0888. The number of pyridine rings is 1. The predicted octanol–water partition coefficient (Wildman–Crippen LogP) is 3.92. The van der Waals surface area contributed by atoms with Gasteiger partial charge in [-0.15, -0.1) is 0 Å². The number of nitrogens with one attached hydrogen (secondary N) is 2. The minimum Gasteiger partial charge on any atom is -0.481 e. The first-order valence-corrected chi connectivity index (χ1v) is 12.8. The fraction of sp³-hybridized carbons (Fsp3) is 0.208. The lowest BCUT2D eigenvalue weighted by atomic mass is 10.1. The Kier molecular flexibility index (Phi) is 6.18. The van der Waals surface area contributed by atoms with Gasteiger partial charge in [-0.25, -0.2) is 22.8 Å².